The Bertz CT molecular complexity index is 454. The van der Waals surface area contributed by atoms with E-state index in [1.165, 1.54) is 6.26 Å². The third-order valence-electron chi connectivity index (χ3n) is 2.64. The molecule has 0 saturated carbocycles. The van der Waals surface area contributed by atoms with E-state index < -0.39 is 9.84 Å². The topological polar surface area (TPSA) is 55.4 Å². The van der Waals surface area contributed by atoms with Crippen molar-refractivity contribution in [3.8, 4) is 5.75 Å². The van der Waals surface area contributed by atoms with E-state index in [2.05, 4.69) is 5.32 Å². The van der Waals surface area contributed by atoms with Gasteiger partial charge in [0.05, 0.1) is 12.9 Å². The Morgan fingerprint density at radius 2 is 1.89 bits per heavy atom. The highest BCUT2D eigenvalue weighted by Crippen LogP contribution is 2.13. The molecule has 0 amide bonds. The molecule has 0 aromatic heterocycles. The van der Waals surface area contributed by atoms with Crippen LogP contribution in [0.4, 0.5) is 0 Å². The smallest absolute Gasteiger partial charge is 0.148 e. The summed E-state index contributed by atoms with van der Waals surface area (Å²) in [5, 5.41) is 3.21. The van der Waals surface area contributed by atoms with Gasteiger partial charge in [-0.1, -0.05) is 19.1 Å². The molecule has 5 heteroatoms. The largest absolute Gasteiger partial charge is 0.497 e. The van der Waals surface area contributed by atoms with Crippen molar-refractivity contribution in [2.45, 2.75) is 19.4 Å². The highest BCUT2D eigenvalue weighted by molar-refractivity contribution is 7.90. The molecule has 0 aliphatic heterocycles. The molecule has 0 heterocycles. The van der Waals surface area contributed by atoms with Gasteiger partial charge in [0, 0.05) is 12.3 Å². The van der Waals surface area contributed by atoms with Crippen molar-refractivity contribution in [2.75, 3.05) is 25.7 Å². The molecule has 1 N–H and O–H groups in total. The summed E-state index contributed by atoms with van der Waals surface area (Å²) in [7, 11) is -1.34. The van der Waals surface area contributed by atoms with E-state index in [4.69, 9.17) is 4.74 Å². The minimum absolute atomic E-state index is 0.0432. The average Bonchev–Trinajstić information content (AvgIpc) is 2.28. The van der Waals surface area contributed by atoms with Gasteiger partial charge in [-0.3, -0.25) is 0 Å². The lowest BCUT2D eigenvalue weighted by Gasteiger charge is -2.17. The molecular weight excluding hydrogens is 250 g/mol. The molecule has 1 atom stereocenters. The van der Waals surface area contributed by atoms with E-state index in [1.54, 1.807) is 7.11 Å². The number of hydrogen-bond acceptors (Lipinski definition) is 4. The van der Waals surface area contributed by atoms with Gasteiger partial charge in [0.1, 0.15) is 15.6 Å². The summed E-state index contributed by atoms with van der Waals surface area (Å²) in [6.07, 6.45) is 1.97. The van der Waals surface area contributed by atoms with E-state index in [1.807, 2.05) is 31.2 Å². The molecule has 1 rings (SSSR count). The number of likely N-dealkylation sites (N-methyl/N-ethyl adjacent to an activating group) is 1. The minimum Gasteiger partial charge on any atom is -0.497 e. The standard InChI is InChI=1S/C13H21NO3S/c1-4-14-12(10-18(3,15)16)9-11-5-7-13(17-2)8-6-11/h5-8,12,14H,4,9-10H2,1-3H3. The van der Waals surface area contributed by atoms with Gasteiger partial charge < -0.3 is 10.1 Å². The van der Waals surface area contributed by atoms with Crippen molar-refractivity contribution in [2.24, 2.45) is 0 Å². The monoisotopic (exact) mass is 271 g/mol. The first-order chi connectivity index (χ1) is 8.44. The molecule has 1 aromatic rings. The van der Waals surface area contributed by atoms with Crippen LogP contribution in [0.1, 0.15) is 12.5 Å². The fourth-order valence-corrected chi connectivity index (χ4v) is 2.86. The average molecular weight is 271 g/mol. The summed E-state index contributed by atoms with van der Waals surface area (Å²) in [5.41, 5.74) is 1.10. The number of benzene rings is 1. The number of nitrogens with one attached hydrogen (secondary N) is 1. The number of ether oxygens (including phenoxy) is 1. The van der Waals surface area contributed by atoms with Gasteiger partial charge in [-0.05, 0) is 30.7 Å². The van der Waals surface area contributed by atoms with Crippen molar-refractivity contribution in [1.29, 1.82) is 0 Å². The zero-order valence-electron chi connectivity index (χ0n) is 11.1. The second-order valence-electron chi connectivity index (χ2n) is 4.40. The summed E-state index contributed by atoms with van der Waals surface area (Å²) in [6, 6.07) is 7.66. The van der Waals surface area contributed by atoms with Crippen molar-refractivity contribution in [3.63, 3.8) is 0 Å². The molecule has 0 saturated heterocycles. The molecule has 1 aromatic carbocycles. The van der Waals surface area contributed by atoms with Crippen LogP contribution in [0.25, 0.3) is 0 Å². The van der Waals surface area contributed by atoms with E-state index >= 15 is 0 Å². The summed E-state index contributed by atoms with van der Waals surface area (Å²) < 4.78 is 27.8. The molecule has 0 fully saturated rings. The van der Waals surface area contributed by atoms with Crippen LogP contribution in [0, 0.1) is 0 Å². The third kappa shape index (κ3) is 5.51. The molecule has 0 spiro atoms. The SMILES string of the molecule is CCNC(Cc1ccc(OC)cc1)CS(C)(=O)=O. The molecule has 0 radical (unpaired) electrons. The maximum Gasteiger partial charge on any atom is 0.148 e. The Balaban J connectivity index is 2.70. The second-order valence-corrected chi connectivity index (χ2v) is 6.58. The first kappa shape index (κ1) is 15.0. The van der Waals surface area contributed by atoms with Crippen LogP contribution in [-0.2, 0) is 16.3 Å². The second kappa shape index (κ2) is 6.75. The van der Waals surface area contributed by atoms with E-state index in [0.717, 1.165) is 17.9 Å². The predicted octanol–water partition coefficient (Wildman–Crippen LogP) is 1.26. The van der Waals surface area contributed by atoms with E-state index in [-0.39, 0.29) is 11.8 Å². The van der Waals surface area contributed by atoms with Gasteiger partial charge >= 0.3 is 0 Å². The molecule has 102 valence electrons. The predicted molar refractivity (Wildman–Crippen MR) is 73.9 cm³/mol. The van der Waals surface area contributed by atoms with Gasteiger partial charge in [0.25, 0.3) is 0 Å². The van der Waals surface area contributed by atoms with Crippen LogP contribution in [0.2, 0.25) is 0 Å². The van der Waals surface area contributed by atoms with E-state index in [0.29, 0.717) is 6.42 Å². The zero-order valence-corrected chi connectivity index (χ0v) is 12.0. The van der Waals surface area contributed by atoms with Crippen molar-refractivity contribution in [3.05, 3.63) is 29.8 Å². The summed E-state index contributed by atoms with van der Waals surface area (Å²) in [4.78, 5) is 0. The fraction of sp³-hybridized carbons (Fsp3) is 0.538. The van der Waals surface area contributed by atoms with Gasteiger partial charge in [-0.2, -0.15) is 0 Å². The number of hydrogen-bond donors (Lipinski definition) is 1. The zero-order chi connectivity index (χ0) is 13.6. The Morgan fingerprint density at radius 1 is 1.28 bits per heavy atom. The molecule has 0 aliphatic rings. The highest BCUT2D eigenvalue weighted by atomic mass is 32.2. The normalized spacial score (nSPS) is 13.3. The molecule has 18 heavy (non-hydrogen) atoms. The van der Waals surface area contributed by atoms with Crippen LogP contribution >= 0.6 is 0 Å². The van der Waals surface area contributed by atoms with Crippen molar-refractivity contribution < 1.29 is 13.2 Å². The molecule has 0 bridgehead atoms. The Kier molecular flexibility index (Phi) is 5.62. The fourth-order valence-electron chi connectivity index (χ4n) is 1.89. The van der Waals surface area contributed by atoms with Gasteiger partial charge in [0.15, 0.2) is 0 Å². The summed E-state index contributed by atoms with van der Waals surface area (Å²) in [6.45, 7) is 2.74. The molecule has 0 aliphatic carbocycles. The maximum atomic E-state index is 11.3. The molecule has 4 nitrogen and oxygen atoms in total. The van der Waals surface area contributed by atoms with Crippen LogP contribution in [-0.4, -0.2) is 40.1 Å². The Morgan fingerprint density at radius 3 is 2.33 bits per heavy atom. The number of rotatable bonds is 7. The van der Waals surface area contributed by atoms with Crippen molar-refractivity contribution in [1.82, 2.24) is 5.32 Å². The van der Waals surface area contributed by atoms with Crippen molar-refractivity contribution >= 4 is 9.84 Å². The van der Waals surface area contributed by atoms with Crippen LogP contribution in [0.3, 0.4) is 0 Å². The van der Waals surface area contributed by atoms with Gasteiger partial charge in [-0.15, -0.1) is 0 Å². The lowest BCUT2D eigenvalue weighted by atomic mass is 10.1. The first-order valence-electron chi connectivity index (χ1n) is 5.98. The Labute approximate surface area is 109 Å². The van der Waals surface area contributed by atoms with Crippen LogP contribution in [0.5, 0.6) is 5.75 Å². The van der Waals surface area contributed by atoms with Crippen LogP contribution in [0.15, 0.2) is 24.3 Å². The Hall–Kier alpha value is -1.07. The lowest BCUT2D eigenvalue weighted by molar-refractivity contribution is 0.414. The molecular formula is C13H21NO3S. The quantitative estimate of drug-likeness (QED) is 0.811. The molecule has 1 unspecified atom stereocenters. The summed E-state index contributed by atoms with van der Waals surface area (Å²) >= 11 is 0. The highest BCUT2D eigenvalue weighted by Gasteiger charge is 2.14. The number of methoxy groups -OCH3 is 1. The number of sulfone groups is 1. The van der Waals surface area contributed by atoms with E-state index in [9.17, 15) is 8.42 Å². The first-order valence-corrected chi connectivity index (χ1v) is 8.04. The third-order valence-corrected chi connectivity index (χ3v) is 3.65. The lowest BCUT2D eigenvalue weighted by Crippen LogP contribution is -2.37. The minimum atomic E-state index is -2.97. The van der Waals surface area contributed by atoms with Gasteiger partial charge in [0.2, 0.25) is 0 Å². The van der Waals surface area contributed by atoms with Crippen LogP contribution < -0.4 is 10.1 Å². The maximum absolute atomic E-state index is 11.3. The summed E-state index contributed by atoms with van der Waals surface area (Å²) in [5.74, 6) is 0.967. The van der Waals surface area contributed by atoms with Gasteiger partial charge in [-0.25, -0.2) is 8.42 Å².